The molecule has 1 saturated heterocycles. The van der Waals surface area contributed by atoms with Crippen LogP contribution in [-0.4, -0.2) is 29.9 Å². The third kappa shape index (κ3) is 4.84. The highest BCUT2D eigenvalue weighted by Crippen LogP contribution is 2.21. The van der Waals surface area contributed by atoms with Crippen LogP contribution in [0.4, 0.5) is 0 Å². The van der Waals surface area contributed by atoms with Crippen molar-refractivity contribution >= 4 is 5.91 Å². The van der Waals surface area contributed by atoms with Gasteiger partial charge in [-0.15, -0.1) is 0 Å². The zero-order valence-electron chi connectivity index (χ0n) is 14.6. The van der Waals surface area contributed by atoms with E-state index in [1.54, 1.807) is 0 Å². The highest BCUT2D eigenvalue weighted by Gasteiger charge is 2.29. The number of nitrogens with one attached hydrogen (secondary N) is 1. The predicted octanol–water partition coefficient (Wildman–Crippen LogP) is 3.37. The molecule has 1 N–H and O–H groups in total. The van der Waals surface area contributed by atoms with E-state index in [0.29, 0.717) is 5.92 Å². The Hall–Kier alpha value is -1.35. The van der Waals surface area contributed by atoms with Gasteiger partial charge in [-0.2, -0.15) is 0 Å². The SMILES string of the molecule is Cc1ccc(CN2CC(C)CC(NC(=O)C(C)(C)C)C2)cc1. The molecule has 0 aromatic heterocycles. The van der Waals surface area contributed by atoms with E-state index in [4.69, 9.17) is 0 Å². The summed E-state index contributed by atoms with van der Waals surface area (Å²) >= 11 is 0. The summed E-state index contributed by atoms with van der Waals surface area (Å²) in [6.07, 6.45) is 1.08. The maximum atomic E-state index is 12.2. The van der Waals surface area contributed by atoms with Crippen molar-refractivity contribution in [1.82, 2.24) is 10.2 Å². The van der Waals surface area contributed by atoms with E-state index in [-0.39, 0.29) is 17.4 Å². The van der Waals surface area contributed by atoms with Crippen molar-refractivity contribution in [3.8, 4) is 0 Å². The first-order valence-corrected chi connectivity index (χ1v) is 8.33. The second-order valence-electron chi connectivity index (χ2n) is 7.94. The van der Waals surface area contributed by atoms with E-state index in [9.17, 15) is 4.79 Å². The second-order valence-corrected chi connectivity index (χ2v) is 7.94. The fraction of sp³-hybridized carbons (Fsp3) is 0.632. The summed E-state index contributed by atoms with van der Waals surface area (Å²) in [5.74, 6) is 0.770. The third-order valence-corrected chi connectivity index (χ3v) is 4.28. The van der Waals surface area contributed by atoms with Crippen molar-refractivity contribution in [3.63, 3.8) is 0 Å². The topological polar surface area (TPSA) is 32.3 Å². The summed E-state index contributed by atoms with van der Waals surface area (Å²) in [6.45, 7) is 13.3. The molecule has 2 atom stereocenters. The van der Waals surface area contributed by atoms with Crippen LogP contribution in [0.1, 0.15) is 45.2 Å². The molecule has 2 unspecified atom stereocenters. The zero-order valence-corrected chi connectivity index (χ0v) is 14.6. The van der Waals surface area contributed by atoms with E-state index in [0.717, 1.165) is 26.1 Å². The lowest BCUT2D eigenvalue weighted by Gasteiger charge is -2.37. The molecule has 3 nitrogen and oxygen atoms in total. The van der Waals surface area contributed by atoms with E-state index in [2.05, 4.69) is 48.3 Å². The van der Waals surface area contributed by atoms with E-state index in [1.165, 1.54) is 11.1 Å². The molecular formula is C19H30N2O. The minimum atomic E-state index is -0.317. The number of carbonyl (C=O) groups excluding carboxylic acids is 1. The van der Waals surface area contributed by atoms with E-state index < -0.39 is 0 Å². The maximum Gasteiger partial charge on any atom is 0.225 e. The molecule has 122 valence electrons. The first kappa shape index (κ1) is 17.0. The molecule has 0 bridgehead atoms. The molecular weight excluding hydrogens is 272 g/mol. The monoisotopic (exact) mass is 302 g/mol. The lowest BCUT2D eigenvalue weighted by molar-refractivity contribution is -0.129. The van der Waals surface area contributed by atoms with Crippen LogP contribution in [0.2, 0.25) is 0 Å². The van der Waals surface area contributed by atoms with Gasteiger partial charge in [-0.25, -0.2) is 0 Å². The minimum Gasteiger partial charge on any atom is -0.352 e. The number of rotatable bonds is 3. The summed E-state index contributed by atoms with van der Waals surface area (Å²) < 4.78 is 0. The predicted molar refractivity (Wildman–Crippen MR) is 91.6 cm³/mol. The highest BCUT2D eigenvalue weighted by atomic mass is 16.2. The zero-order chi connectivity index (χ0) is 16.3. The number of aryl methyl sites for hydroxylation is 1. The molecule has 0 aliphatic carbocycles. The molecule has 1 amide bonds. The Morgan fingerprint density at radius 2 is 1.86 bits per heavy atom. The van der Waals surface area contributed by atoms with Gasteiger partial charge < -0.3 is 5.32 Å². The first-order valence-electron chi connectivity index (χ1n) is 8.33. The number of nitrogens with zero attached hydrogens (tertiary/aromatic N) is 1. The van der Waals surface area contributed by atoms with Crippen molar-refractivity contribution in [2.45, 2.75) is 53.6 Å². The van der Waals surface area contributed by atoms with Gasteiger partial charge in [-0.05, 0) is 24.8 Å². The van der Waals surface area contributed by atoms with Gasteiger partial charge in [0.1, 0.15) is 0 Å². The fourth-order valence-corrected chi connectivity index (χ4v) is 3.05. The lowest BCUT2D eigenvalue weighted by atomic mass is 9.92. The molecule has 1 aliphatic heterocycles. The number of carbonyl (C=O) groups is 1. The van der Waals surface area contributed by atoms with Crippen molar-refractivity contribution < 1.29 is 4.79 Å². The van der Waals surface area contributed by atoms with Crippen LogP contribution in [-0.2, 0) is 11.3 Å². The van der Waals surface area contributed by atoms with Crippen LogP contribution in [0.25, 0.3) is 0 Å². The normalized spacial score (nSPS) is 23.3. The summed E-state index contributed by atoms with van der Waals surface area (Å²) in [5.41, 5.74) is 2.33. The second kappa shape index (κ2) is 6.82. The average molecular weight is 302 g/mol. The number of likely N-dealkylation sites (tertiary alicyclic amines) is 1. The van der Waals surface area contributed by atoms with Crippen LogP contribution in [0, 0.1) is 18.3 Å². The molecule has 1 aromatic carbocycles. The van der Waals surface area contributed by atoms with E-state index in [1.807, 2.05) is 20.8 Å². The molecule has 0 spiro atoms. The fourth-order valence-electron chi connectivity index (χ4n) is 3.05. The number of amides is 1. The molecule has 1 aliphatic rings. The maximum absolute atomic E-state index is 12.2. The molecule has 0 radical (unpaired) electrons. The van der Waals surface area contributed by atoms with Gasteiger partial charge in [0, 0.05) is 31.1 Å². The van der Waals surface area contributed by atoms with Crippen LogP contribution < -0.4 is 5.32 Å². The minimum absolute atomic E-state index is 0.155. The van der Waals surface area contributed by atoms with E-state index >= 15 is 0 Å². The molecule has 1 heterocycles. The van der Waals surface area contributed by atoms with Crippen LogP contribution in [0.15, 0.2) is 24.3 Å². The summed E-state index contributed by atoms with van der Waals surface area (Å²) in [5, 5.41) is 3.23. The van der Waals surface area contributed by atoms with Crippen molar-refractivity contribution in [2.75, 3.05) is 13.1 Å². The molecule has 2 rings (SSSR count). The van der Waals surface area contributed by atoms with Crippen LogP contribution in [0.3, 0.4) is 0 Å². The van der Waals surface area contributed by atoms with Gasteiger partial charge in [-0.3, -0.25) is 9.69 Å². The standard InChI is InChI=1S/C19H30N2O/c1-14-6-8-16(9-7-14)12-21-11-15(2)10-17(13-21)20-18(22)19(3,4)5/h6-9,15,17H,10-13H2,1-5H3,(H,20,22). The van der Waals surface area contributed by atoms with Crippen LogP contribution >= 0.6 is 0 Å². The molecule has 22 heavy (non-hydrogen) atoms. The van der Waals surface area contributed by atoms with Gasteiger partial charge in [0.25, 0.3) is 0 Å². The van der Waals surface area contributed by atoms with Crippen molar-refractivity contribution in [1.29, 1.82) is 0 Å². The summed E-state index contributed by atoms with van der Waals surface area (Å²) in [7, 11) is 0. The van der Waals surface area contributed by atoms with Gasteiger partial charge in [0.15, 0.2) is 0 Å². The number of hydrogen-bond donors (Lipinski definition) is 1. The van der Waals surface area contributed by atoms with Gasteiger partial charge in [-0.1, -0.05) is 57.5 Å². The molecule has 3 heteroatoms. The van der Waals surface area contributed by atoms with Crippen molar-refractivity contribution in [2.24, 2.45) is 11.3 Å². The number of piperidine rings is 1. The van der Waals surface area contributed by atoms with Crippen LogP contribution in [0.5, 0.6) is 0 Å². The van der Waals surface area contributed by atoms with Gasteiger partial charge in [0.2, 0.25) is 5.91 Å². The molecule has 0 saturated carbocycles. The number of benzene rings is 1. The Morgan fingerprint density at radius 3 is 2.45 bits per heavy atom. The average Bonchev–Trinajstić information content (AvgIpc) is 2.39. The Morgan fingerprint density at radius 1 is 1.23 bits per heavy atom. The lowest BCUT2D eigenvalue weighted by Crippen LogP contribution is -2.52. The smallest absolute Gasteiger partial charge is 0.225 e. The summed E-state index contributed by atoms with van der Waals surface area (Å²) in [4.78, 5) is 14.7. The highest BCUT2D eigenvalue weighted by molar-refractivity contribution is 5.81. The Kier molecular flexibility index (Phi) is 5.28. The Bertz CT molecular complexity index is 501. The molecule has 1 aromatic rings. The Labute approximate surface area is 135 Å². The number of hydrogen-bond acceptors (Lipinski definition) is 2. The summed E-state index contributed by atoms with van der Waals surface area (Å²) in [6, 6.07) is 9.01. The molecule has 1 fully saturated rings. The third-order valence-electron chi connectivity index (χ3n) is 4.28. The van der Waals surface area contributed by atoms with Gasteiger partial charge >= 0.3 is 0 Å². The first-order chi connectivity index (χ1) is 10.2. The van der Waals surface area contributed by atoms with Gasteiger partial charge in [0.05, 0.1) is 0 Å². The Balaban J connectivity index is 1.96. The quantitative estimate of drug-likeness (QED) is 0.928. The largest absolute Gasteiger partial charge is 0.352 e. The van der Waals surface area contributed by atoms with Crippen molar-refractivity contribution in [3.05, 3.63) is 35.4 Å².